The van der Waals surface area contributed by atoms with Crippen molar-refractivity contribution in [3.8, 4) is 0 Å². The SMILES string of the molecule is Cc1ccc(C(=O)N2CCCN(C(=O)c3cccs3)CC2)cc1. The molecule has 0 saturated carbocycles. The van der Waals surface area contributed by atoms with Gasteiger partial charge in [-0.3, -0.25) is 9.59 Å². The molecule has 0 unspecified atom stereocenters. The van der Waals surface area contributed by atoms with Crippen LogP contribution in [0.25, 0.3) is 0 Å². The van der Waals surface area contributed by atoms with Crippen LogP contribution in [0.1, 0.15) is 32.0 Å². The molecule has 1 fully saturated rings. The van der Waals surface area contributed by atoms with Gasteiger partial charge in [0.15, 0.2) is 0 Å². The fraction of sp³-hybridized carbons (Fsp3) is 0.333. The Hall–Kier alpha value is -2.14. The predicted octanol–water partition coefficient (Wildman–Crippen LogP) is 3.04. The van der Waals surface area contributed by atoms with Gasteiger partial charge in [0, 0.05) is 31.7 Å². The summed E-state index contributed by atoms with van der Waals surface area (Å²) in [5, 5.41) is 1.91. The summed E-state index contributed by atoms with van der Waals surface area (Å²) in [7, 11) is 0. The van der Waals surface area contributed by atoms with Crippen LogP contribution in [-0.2, 0) is 0 Å². The summed E-state index contributed by atoms with van der Waals surface area (Å²) in [6.07, 6.45) is 0.814. The average Bonchev–Trinajstić information content (AvgIpc) is 2.99. The van der Waals surface area contributed by atoms with E-state index in [1.165, 1.54) is 11.3 Å². The standard InChI is InChI=1S/C18H20N2O2S/c1-14-5-7-15(8-6-14)17(21)19-9-3-10-20(12-11-19)18(22)16-4-2-13-23-16/h2,4-8,13H,3,9-12H2,1H3. The van der Waals surface area contributed by atoms with E-state index >= 15 is 0 Å². The molecule has 1 aromatic carbocycles. The molecule has 1 aliphatic heterocycles. The molecule has 5 heteroatoms. The van der Waals surface area contributed by atoms with Crippen molar-refractivity contribution in [2.75, 3.05) is 26.2 Å². The highest BCUT2D eigenvalue weighted by Gasteiger charge is 2.23. The average molecular weight is 328 g/mol. The Morgan fingerprint density at radius 1 is 0.913 bits per heavy atom. The maximum absolute atomic E-state index is 12.6. The van der Waals surface area contributed by atoms with Crippen molar-refractivity contribution in [2.45, 2.75) is 13.3 Å². The van der Waals surface area contributed by atoms with Crippen LogP contribution >= 0.6 is 11.3 Å². The molecule has 120 valence electrons. The number of rotatable bonds is 2. The summed E-state index contributed by atoms with van der Waals surface area (Å²) in [4.78, 5) is 29.5. The molecule has 1 aromatic heterocycles. The molecule has 23 heavy (non-hydrogen) atoms. The highest BCUT2D eigenvalue weighted by Crippen LogP contribution is 2.15. The van der Waals surface area contributed by atoms with Crippen LogP contribution in [0.5, 0.6) is 0 Å². The lowest BCUT2D eigenvalue weighted by Crippen LogP contribution is -2.37. The first-order valence-electron chi connectivity index (χ1n) is 7.84. The number of benzene rings is 1. The summed E-state index contributed by atoms with van der Waals surface area (Å²) < 4.78 is 0. The zero-order chi connectivity index (χ0) is 16.2. The molecular weight excluding hydrogens is 308 g/mol. The second-order valence-corrected chi connectivity index (χ2v) is 6.73. The van der Waals surface area contributed by atoms with Gasteiger partial charge < -0.3 is 9.80 Å². The Balaban J connectivity index is 1.65. The van der Waals surface area contributed by atoms with Crippen LogP contribution in [0, 0.1) is 6.92 Å². The molecule has 0 bridgehead atoms. The largest absolute Gasteiger partial charge is 0.337 e. The minimum Gasteiger partial charge on any atom is -0.337 e. The Morgan fingerprint density at radius 3 is 2.17 bits per heavy atom. The minimum absolute atomic E-state index is 0.0513. The maximum atomic E-state index is 12.6. The van der Waals surface area contributed by atoms with Gasteiger partial charge in [-0.1, -0.05) is 23.8 Å². The van der Waals surface area contributed by atoms with Gasteiger partial charge in [-0.25, -0.2) is 0 Å². The second-order valence-electron chi connectivity index (χ2n) is 5.78. The molecule has 0 spiro atoms. The van der Waals surface area contributed by atoms with Gasteiger partial charge in [-0.05, 0) is 36.9 Å². The number of carbonyl (C=O) groups excluding carboxylic acids is 2. The van der Waals surface area contributed by atoms with E-state index in [1.807, 2.05) is 58.5 Å². The molecule has 0 atom stereocenters. The lowest BCUT2D eigenvalue weighted by Gasteiger charge is -2.22. The van der Waals surface area contributed by atoms with Crippen LogP contribution in [0.3, 0.4) is 0 Å². The lowest BCUT2D eigenvalue weighted by molar-refractivity contribution is 0.0721. The van der Waals surface area contributed by atoms with E-state index < -0.39 is 0 Å². The Bertz CT molecular complexity index is 680. The molecule has 1 aliphatic rings. The topological polar surface area (TPSA) is 40.6 Å². The summed E-state index contributed by atoms with van der Waals surface area (Å²) in [5.74, 6) is 0.125. The van der Waals surface area contributed by atoms with Crippen molar-refractivity contribution in [2.24, 2.45) is 0 Å². The number of hydrogen-bond donors (Lipinski definition) is 0. The first-order valence-corrected chi connectivity index (χ1v) is 8.72. The molecule has 2 amide bonds. The summed E-state index contributed by atoms with van der Waals surface area (Å²) >= 11 is 1.47. The number of thiophene rings is 1. The van der Waals surface area contributed by atoms with Crippen LogP contribution in [-0.4, -0.2) is 47.8 Å². The normalized spacial score (nSPS) is 15.3. The zero-order valence-corrected chi connectivity index (χ0v) is 14.0. The Labute approximate surface area is 140 Å². The van der Waals surface area contributed by atoms with Crippen molar-refractivity contribution in [3.63, 3.8) is 0 Å². The first-order chi connectivity index (χ1) is 11.1. The molecule has 2 aromatic rings. The van der Waals surface area contributed by atoms with Crippen LogP contribution in [0.2, 0.25) is 0 Å². The van der Waals surface area contributed by atoms with Gasteiger partial charge >= 0.3 is 0 Å². The third-order valence-corrected chi connectivity index (χ3v) is 4.96. The highest BCUT2D eigenvalue weighted by molar-refractivity contribution is 7.12. The van der Waals surface area contributed by atoms with Gasteiger partial charge in [-0.2, -0.15) is 0 Å². The number of nitrogens with zero attached hydrogens (tertiary/aromatic N) is 2. The number of aryl methyl sites for hydroxylation is 1. The highest BCUT2D eigenvalue weighted by atomic mass is 32.1. The van der Waals surface area contributed by atoms with E-state index in [9.17, 15) is 9.59 Å². The molecule has 1 saturated heterocycles. The molecule has 0 N–H and O–H groups in total. The van der Waals surface area contributed by atoms with E-state index in [-0.39, 0.29) is 11.8 Å². The van der Waals surface area contributed by atoms with Gasteiger partial charge in [0.1, 0.15) is 0 Å². The van der Waals surface area contributed by atoms with Gasteiger partial charge in [0.05, 0.1) is 4.88 Å². The summed E-state index contributed by atoms with van der Waals surface area (Å²) in [5.41, 5.74) is 1.86. The fourth-order valence-electron chi connectivity index (χ4n) is 2.76. The third-order valence-electron chi connectivity index (χ3n) is 4.10. The van der Waals surface area contributed by atoms with E-state index in [0.717, 1.165) is 16.9 Å². The minimum atomic E-state index is 0.0513. The third kappa shape index (κ3) is 3.62. The zero-order valence-electron chi connectivity index (χ0n) is 13.2. The van der Waals surface area contributed by atoms with Crippen molar-refractivity contribution in [1.82, 2.24) is 9.80 Å². The van der Waals surface area contributed by atoms with Crippen LogP contribution in [0.15, 0.2) is 41.8 Å². The number of amides is 2. The van der Waals surface area contributed by atoms with Gasteiger partial charge in [0.25, 0.3) is 11.8 Å². The maximum Gasteiger partial charge on any atom is 0.263 e. The van der Waals surface area contributed by atoms with Crippen molar-refractivity contribution in [1.29, 1.82) is 0 Å². The summed E-state index contributed by atoms with van der Waals surface area (Å²) in [6.45, 7) is 4.59. The van der Waals surface area contributed by atoms with Crippen molar-refractivity contribution >= 4 is 23.2 Å². The van der Waals surface area contributed by atoms with E-state index in [2.05, 4.69) is 0 Å². The van der Waals surface area contributed by atoms with Gasteiger partial charge in [-0.15, -0.1) is 11.3 Å². The Morgan fingerprint density at radius 2 is 1.57 bits per heavy atom. The van der Waals surface area contributed by atoms with E-state index in [0.29, 0.717) is 31.7 Å². The van der Waals surface area contributed by atoms with Crippen LogP contribution in [0.4, 0.5) is 0 Å². The first kappa shape index (κ1) is 15.7. The number of hydrogen-bond acceptors (Lipinski definition) is 3. The molecule has 3 rings (SSSR count). The molecule has 0 radical (unpaired) electrons. The van der Waals surface area contributed by atoms with Crippen LogP contribution < -0.4 is 0 Å². The molecule has 0 aliphatic carbocycles. The van der Waals surface area contributed by atoms with E-state index in [4.69, 9.17) is 0 Å². The second kappa shape index (κ2) is 6.96. The lowest BCUT2D eigenvalue weighted by atomic mass is 10.1. The van der Waals surface area contributed by atoms with Crippen molar-refractivity contribution in [3.05, 3.63) is 57.8 Å². The molecule has 2 heterocycles. The predicted molar refractivity (Wildman–Crippen MR) is 91.9 cm³/mol. The van der Waals surface area contributed by atoms with E-state index in [1.54, 1.807) is 0 Å². The molecule has 4 nitrogen and oxygen atoms in total. The number of carbonyl (C=O) groups is 2. The Kier molecular flexibility index (Phi) is 4.76. The van der Waals surface area contributed by atoms with Gasteiger partial charge in [0.2, 0.25) is 0 Å². The fourth-order valence-corrected chi connectivity index (χ4v) is 3.45. The smallest absolute Gasteiger partial charge is 0.263 e. The van der Waals surface area contributed by atoms with Crippen molar-refractivity contribution < 1.29 is 9.59 Å². The molecular formula is C18H20N2O2S. The quantitative estimate of drug-likeness (QED) is 0.850. The monoisotopic (exact) mass is 328 g/mol. The summed E-state index contributed by atoms with van der Waals surface area (Å²) in [6, 6.07) is 11.4.